The maximum Gasteiger partial charge on any atom is 0.349 e. The van der Waals surface area contributed by atoms with Gasteiger partial charge in [-0.2, -0.15) is 0 Å². The quantitative estimate of drug-likeness (QED) is 0.495. The van der Waals surface area contributed by atoms with Crippen molar-refractivity contribution in [2.45, 2.75) is 20.1 Å². The number of anilines is 1. The molecule has 0 bridgehead atoms. The molecule has 4 aromatic rings. The van der Waals surface area contributed by atoms with E-state index in [1.807, 2.05) is 30.3 Å². The molecule has 7 nitrogen and oxygen atoms in total. The van der Waals surface area contributed by atoms with Gasteiger partial charge < -0.3 is 19.6 Å². The third-order valence-electron chi connectivity index (χ3n) is 4.81. The molecule has 0 spiro atoms. The monoisotopic (exact) mass is 416 g/mol. The van der Waals surface area contributed by atoms with Crippen LogP contribution in [-0.2, 0) is 13.2 Å². The number of fused-ring (bicyclic) bond motifs is 1. The fourth-order valence-electron chi connectivity index (χ4n) is 3.14. The minimum absolute atomic E-state index is 0.155. The summed E-state index contributed by atoms with van der Waals surface area (Å²) < 4.78 is 11.0. The molecule has 0 unspecified atom stereocenters. The molecule has 7 heteroatoms. The number of aromatic nitrogens is 1. The van der Waals surface area contributed by atoms with E-state index in [1.54, 1.807) is 31.2 Å². The molecule has 0 aliphatic carbocycles. The third-order valence-corrected chi connectivity index (χ3v) is 4.81. The Balaban J connectivity index is 1.51. The van der Waals surface area contributed by atoms with Crippen LogP contribution < -0.4 is 15.7 Å². The van der Waals surface area contributed by atoms with Crippen molar-refractivity contribution in [1.82, 2.24) is 4.98 Å². The minimum Gasteiger partial charge on any atom is -0.489 e. The van der Waals surface area contributed by atoms with Gasteiger partial charge in [0.15, 0.2) is 5.58 Å². The normalized spacial score (nSPS) is 10.8. The van der Waals surface area contributed by atoms with Crippen LogP contribution in [0, 0.1) is 6.92 Å². The van der Waals surface area contributed by atoms with Crippen LogP contribution in [0.25, 0.3) is 11.0 Å². The lowest BCUT2D eigenvalue weighted by atomic mass is 10.1. The zero-order valence-electron chi connectivity index (χ0n) is 16.8. The Labute approximate surface area is 177 Å². The lowest BCUT2D eigenvalue weighted by molar-refractivity contribution is 0.102. The summed E-state index contributed by atoms with van der Waals surface area (Å²) in [6, 6.07) is 18.1. The van der Waals surface area contributed by atoms with Crippen molar-refractivity contribution < 1.29 is 19.1 Å². The number of aryl methyl sites for hydroxylation is 1. The number of benzene rings is 2. The summed E-state index contributed by atoms with van der Waals surface area (Å²) in [7, 11) is 0. The standard InChI is InChI=1S/C24H20N2O5/c1-15-22-20(17(13-27)12-25-15)11-21(24(29)31-22)23(28)26-18-7-9-19(10-8-18)30-14-16-5-3-2-4-6-16/h2-12,27H,13-14H2,1H3,(H,26,28). The van der Waals surface area contributed by atoms with E-state index in [4.69, 9.17) is 9.15 Å². The average molecular weight is 416 g/mol. The molecule has 0 aliphatic heterocycles. The first kappa shape index (κ1) is 20.3. The molecule has 31 heavy (non-hydrogen) atoms. The fraction of sp³-hybridized carbons (Fsp3) is 0.125. The van der Waals surface area contributed by atoms with Crippen molar-refractivity contribution >= 4 is 22.6 Å². The summed E-state index contributed by atoms with van der Waals surface area (Å²) in [4.78, 5) is 29.1. The largest absolute Gasteiger partial charge is 0.489 e. The highest BCUT2D eigenvalue weighted by molar-refractivity contribution is 6.05. The van der Waals surface area contributed by atoms with Crippen LogP contribution in [0.3, 0.4) is 0 Å². The van der Waals surface area contributed by atoms with Gasteiger partial charge in [0.05, 0.1) is 12.3 Å². The highest BCUT2D eigenvalue weighted by Gasteiger charge is 2.17. The zero-order valence-corrected chi connectivity index (χ0v) is 16.8. The summed E-state index contributed by atoms with van der Waals surface area (Å²) in [6.07, 6.45) is 1.49. The molecule has 156 valence electrons. The number of carbonyl (C=O) groups is 1. The van der Waals surface area contributed by atoms with Gasteiger partial charge in [-0.1, -0.05) is 30.3 Å². The molecule has 0 radical (unpaired) electrons. The number of ether oxygens (including phenoxy) is 1. The number of aliphatic hydroxyl groups excluding tert-OH is 1. The Bertz CT molecular complexity index is 1280. The highest BCUT2D eigenvalue weighted by Crippen LogP contribution is 2.22. The van der Waals surface area contributed by atoms with Crippen LogP contribution in [0.15, 0.2) is 76.1 Å². The van der Waals surface area contributed by atoms with E-state index >= 15 is 0 Å². The van der Waals surface area contributed by atoms with Crippen molar-refractivity contribution in [1.29, 1.82) is 0 Å². The van der Waals surface area contributed by atoms with Crippen LogP contribution in [0.2, 0.25) is 0 Å². The number of pyridine rings is 1. The topological polar surface area (TPSA) is 102 Å². The highest BCUT2D eigenvalue weighted by atomic mass is 16.5. The second-order valence-electron chi connectivity index (χ2n) is 6.97. The number of hydrogen-bond acceptors (Lipinski definition) is 6. The van der Waals surface area contributed by atoms with Crippen molar-refractivity contribution in [2.24, 2.45) is 0 Å². The van der Waals surface area contributed by atoms with E-state index in [9.17, 15) is 14.7 Å². The second-order valence-corrected chi connectivity index (χ2v) is 6.97. The average Bonchev–Trinajstić information content (AvgIpc) is 2.79. The minimum atomic E-state index is -0.771. The van der Waals surface area contributed by atoms with Gasteiger partial charge in [-0.05, 0) is 42.8 Å². The molecule has 0 fully saturated rings. The molecule has 0 saturated carbocycles. The van der Waals surface area contributed by atoms with Gasteiger partial charge in [0.1, 0.15) is 17.9 Å². The van der Waals surface area contributed by atoms with Crippen molar-refractivity contribution in [2.75, 3.05) is 5.32 Å². The van der Waals surface area contributed by atoms with Crippen LogP contribution in [0.1, 0.15) is 27.2 Å². The van der Waals surface area contributed by atoms with Gasteiger partial charge in [-0.3, -0.25) is 9.78 Å². The first-order valence-electron chi connectivity index (χ1n) is 9.66. The molecule has 0 aliphatic rings. The number of nitrogens with one attached hydrogen (secondary N) is 1. The molecule has 0 saturated heterocycles. The van der Waals surface area contributed by atoms with E-state index in [1.165, 1.54) is 12.3 Å². The predicted molar refractivity (Wildman–Crippen MR) is 116 cm³/mol. The van der Waals surface area contributed by atoms with Gasteiger partial charge in [-0.15, -0.1) is 0 Å². The smallest absolute Gasteiger partial charge is 0.349 e. The first-order valence-corrected chi connectivity index (χ1v) is 9.66. The summed E-state index contributed by atoms with van der Waals surface area (Å²) in [5.74, 6) is 0.0505. The summed E-state index contributed by atoms with van der Waals surface area (Å²) in [5.41, 5.74) is 1.86. The SMILES string of the molecule is Cc1ncc(CO)c2cc(C(=O)Nc3ccc(OCc4ccccc4)cc3)c(=O)oc12. The number of amides is 1. The molecule has 2 heterocycles. The van der Waals surface area contributed by atoms with E-state index in [0.29, 0.717) is 34.7 Å². The van der Waals surface area contributed by atoms with Crippen molar-refractivity contribution in [3.63, 3.8) is 0 Å². The zero-order chi connectivity index (χ0) is 21.8. The van der Waals surface area contributed by atoms with Gasteiger partial charge in [0, 0.05) is 22.8 Å². The molecule has 2 N–H and O–H groups in total. The molecule has 2 aromatic heterocycles. The third kappa shape index (κ3) is 4.46. The van der Waals surface area contributed by atoms with Gasteiger partial charge in [-0.25, -0.2) is 4.79 Å². The van der Waals surface area contributed by atoms with Crippen molar-refractivity contribution in [3.05, 3.63) is 99.7 Å². The summed E-state index contributed by atoms with van der Waals surface area (Å²) >= 11 is 0. The molecule has 0 atom stereocenters. The Kier molecular flexibility index (Phi) is 5.77. The van der Waals surface area contributed by atoms with Gasteiger partial charge >= 0.3 is 5.63 Å². The number of aliphatic hydroxyl groups is 1. The van der Waals surface area contributed by atoms with E-state index in [-0.39, 0.29) is 17.8 Å². The summed E-state index contributed by atoms with van der Waals surface area (Å²) in [5, 5.41) is 12.7. The van der Waals surface area contributed by atoms with Gasteiger partial charge in [0.25, 0.3) is 5.91 Å². The van der Waals surface area contributed by atoms with Crippen LogP contribution in [-0.4, -0.2) is 16.0 Å². The Hall–Kier alpha value is -3.97. The van der Waals surface area contributed by atoms with Crippen LogP contribution in [0.4, 0.5) is 5.69 Å². The summed E-state index contributed by atoms with van der Waals surface area (Å²) in [6.45, 7) is 1.84. The molecule has 2 aromatic carbocycles. The number of carbonyl (C=O) groups excluding carboxylic acids is 1. The number of nitrogens with zero attached hydrogens (tertiary/aromatic N) is 1. The lowest BCUT2D eigenvalue weighted by Crippen LogP contribution is -2.21. The fourth-order valence-corrected chi connectivity index (χ4v) is 3.14. The molecular formula is C24H20N2O5. The maximum absolute atomic E-state index is 12.7. The second kappa shape index (κ2) is 8.81. The number of rotatable bonds is 6. The Morgan fingerprint density at radius 2 is 1.87 bits per heavy atom. The van der Waals surface area contributed by atoms with Crippen LogP contribution >= 0.6 is 0 Å². The van der Waals surface area contributed by atoms with E-state index in [0.717, 1.165) is 5.56 Å². The lowest BCUT2D eigenvalue weighted by Gasteiger charge is -2.09. The maximum atomic E-state index is 12.7. The molecular weight excluding hydrogens is 396 g/mol. The van der Waals surface area contributed by atoms with E-state index < -0.39 is 11.5 Å². The number of hydrogen-bond donors (Lipinski definition) is 2. The molecule has 1 amide bonds. The molecule has 4 rings (SSSR count). The van der Waals surface area contributed by atoms with Crippen LogP contribution in [0.5, 0.6) is 5.75 Å². The van der Waals surface area contributed by atoms with Crippen molar-refractivity contribution in [3.8, 4) is 5.75 Å². The predicted octanol–water partition coefficient (Wildman–Crippen LogP) is 3.82. The Morgan fingerprint density at radius 1 is 1.13 bits per heavy atom. The first-order chi connectivity index (χ1) is 15.0. The van der Waals surface area contributed by atoms with Gasteiger partial charge in [0.2, 0.25) is 0 Å². The van der Waals surface area contributed by atoms with E-state index in [2.05, 4.69) is 10.3 Å². The Morgan fingerprint density at radius 3 is 2.58 bits per heavy atom.